The molecule has 1 saturated heterocycles. The molecule has 2 aromatic heterocycles. The fourth-order valence-electron chi connectivity index (χ4n) is 2.93. The number of hydrogen-bond donors (Lipinski definition) is 0. The Morgan fingerprint density at radius 1 is 1.08 bits per heavy atom. The van der Waals surface area contributed by atoms with Crippen molar-refractivity contribution < 1.29 is 9.53 Å². The van der Waals surface area contributed by atoms with Crippen molar-refractivity contribution in [3.8, 4) is 17.1 Å². The van der Waals surface area contributed by atoms with Crippen molar-refractivity contribution in [1.29, 1.82) is 0 Å². The Labute approximate surface area is 150 Å². The second-order valence-corrected chi connectivity index (χ2v) is 6.07. The van der Waals surface area contributed by atoms with E-state index in [-0.39, 0.29) is 12.1 Å². The van der Waals surface area contributed by atoms with E-state index < -0.39 is 0 Å². The van der Waals surface area contributed by atoms with Crippen LogP contribution in [0.4, 0.5) is 4.79 Å². The van der Waals surface area contributed by atoms with Gasteiger partial charge in [-0.2, -0.15) is 4.80 Å². The first-order chi connectivity index (χ1) is 12.8. The van der Waals surface area contributed by atoms with E-state index in [0.717, 1.165) is 18.4 Å². The largest absolute Gasteiger partial charge is 0.415 e. The first-order valence-electron chi connectivity index (χ1n) is 8.51. The van der Waals surface area contributed by atoms with Gasteiger partial charge in [-0.25, -0.2) is 4.79 Å². The molecule has 8 heteroatoms. The van der Waals surface area contributed by atoms with E-state index in [1.807, 2.05) is 30.3 Å². The highest BCUT2D eigenvalue weighted by Crippen LogP contribution is 2.23. The molecule has 3 heterocycles. The zero-order chi connectivity index (χ0) is 17.8. The normalized spacial score (nSPS) is 15.0. The van der Waals surface area contributed by atoms with Crippen LogP contribution < -0.4 is 4.74 Å². The molecule has 0 unspecified atom stereocenters. The maximum Gasteiger partial charge on any atom is 0.415 e. The van der Waals surface area contributed by atoms with E-state index in [0.29, 0.717) is 24.7 Å². The molecule has 26 heavy (non-hydrogen) atoms. The highest BCUT2D eigenvalue weighted by Gasteiger charge is 2.26. The summed E-state index contributed by atoms with van der Waals surface area (Å²) in [4.78, 5) is 19.5. The Balaban J connectivity index is 1.35. The lowest BCUT2D eigenvalue weighted by atomic mass is 10.1. The molecular formula is C18H18N6O2. The predicted molar refractivity (Wildman–Crippen MR) is 93.4 cm³/mol. The van der Waals surface area contributed by atoms with Crippen molar-refractivity contribution in [2.45, 2.75) is 18.9 Å². The summed E-state index contributed by atoms with van der Waals surface area (Å²) in [6.45, 7) is 1.18. The van der Waals surface area contributed by atoms with Gasteiger partial charge in [-0.15, -0.1) is 10.2 Å². The minimum absolute atomic E-state index is 0.127. The van der Waals surface area contributed by atoms with E-state index in [1.54, 1.807) is 28.0 Å². The molecule has 0 saturated carbocycles. The fraction of sp³-hybridized carbons (Fsp3) is 0.278. The van der Waals surface area contributed by atoms with Gasteiger partial charge in [-0.3, -0.25) is 4.98 Å². The summed E-state index contributed by atoms with van der Waals surface area (Å²) in [5, 5.41) is 12.8. The maximum absolute atomic E-state index is 12.2. The molecule has 0 atom stereocenters. The van der Waals surface area contributed by atoms with Gasteiger partial charge in [-0.05, 0) is 30.2 Å². The molecule has 0 spiro atoms. The number of likely N-dealkylation sites (tertiary alicyclic amines) is 1. The van der Waals surface area contributed by atoms with Gasteiger partial charge in [0.1, 0.15) is 0 Å². The van der Waals surface area contributed by atoms with Crippen molar-refractivity contribution in [2.75, 3.05) is 13.1 Å². The lowest BCUT2D eigenvalue weighted by molar-refractivity contribution is 0.127. The van der Waals surface area contributed by atoms with Gasteiger partial charge in [0, 0.05) is 24.8 Å². The first kappa shape index (κ1) is 16.2. The number of hydrogen-bond acceptors (Lipinski definition) is 6. The van der Waals surface area contributed by atoms with Crippen LogP contribution in [0.5, 0.6) is 5.75 Å². The standard InChI is InChI=1S/C18H18N6O2/c25-18(26-16-7-4-10-19-13-16)23-11-8-15(9-12-23)24-21-17(20-22-24)14-5-2-1-3-6-14/h1-7,10,13,15H,8-9,11-12H2. The zero-order valence-corrected chi connectivity index (χ0v) is 14.1. The van der Waals surface area contributed by atoms with Gasteiger partial charge in [0.05, 0.1) is 12.2 Å². The third-order valence-corrected chi connectivity index (χ3v) is 4.35. The number of pyridine rings is 1. The van der Waals surface area contributed by atoms with Crippen LogP contribution in [-0.4, -0.2) is 49.3 Å². The number of tetrazole rings is 1. The molecule has 3 aromatic rings. The SMILES string of the molecule is O=C(Oc1cccnc1)N1CCC(n2nnc(-c3ccccc3)n2)CC1. The quantitative estimate of drug-likeness (QED) is 0.722. The van der Waals surface area contributed by atoms with Crippen LogP contribution in [0.1, 0.15) is 18.9 Å². The maximum atomic E-state index is 12.2. The Kier molecular flexibility index (Phi) is 4.55. The van der Waals surface area contributed by atoms with Crippen molar-refractivity contribution in [3.63, 3.8) is 0 Å². The first-order valence-corrected chi connectivity index (χ1v) is 8.51. The van der Waals surface area contributed by atoms with Crippen molar-refractivity contribution in [2.24, 2.45) is 0 Å². The molecule has 0 radical (unpaired) electrons. The van der Waals surface area contributed by atoms with Crippen LogP contribution in [0.2, 0.25) is 0 Å². The third-order valence-electron chi connectivity index (χ3n) is 4.35. The number of aromatic nitrogens is 5. The zero-order valence-electron chi connectivity index (χ0n) is 14.1. The van der Waals surface area contributed by atoms with Crippen molar-refractivity contribution in [3.05, 3.63) is 54.9 Å². The van der Waals surface area contributed by atoms with Crippen LogP contribution in [0, 0.1) is 0 Å². The Morgan fingerprint density at radius 2 is 1.88 bits per heavy atom. The van der Waals surface area contributed by atoms with E-state index >= 15 is 0 Å². The van der Waals surface area contributed by atoms with E-state index in [2.05, 4.69) is 20.4 Å². The van der Waals surface area contributed by atoms with Gasteiger partial charge >= 0.3 is 6.09 Å². The summed E-state index contributed by atoms with van der Waals surface area (Å²) < 4.78 is 5.33. The number of ether oxygens (including phenoxy) is 1. The molecule has 0 aliphatic carbocycles. The summed E-state index contributed by atoms with van der Waals surface area (Å²) in [7, 11) is 0. The monoisotopic (exact) mass is 350 g/mol. The summed E-state index contributed by atoms with van der Waals surface area (Å²) in [6.07, 6.45) is 4.32. The number of piperidine rings is 1. The number of rotatable bonds is 3. The molecule has 0 N–H and O–H groups in total. The van der Waals surface area contributed by atoms with E-state index in [9.17, 15) is 4.79 Å². The third kappa shape index (κ3) is 3.53. The lowest BCUT2D eigenvalue weighted by Crippen LogP contribution is -2.41. The predicted octanol–water partition coefficient (Wildman–Crippen LogP) is 2.57. The summed E-state index contributed by atoms with van der Waals surface area (Å²) in [5.41, 5.74) is 0.941. The molecule has 4 rings (SSSR count). The van der Waals surface area contributed by atoms with Crippen LogP contribution in [0.3, 0.4) is 0 Å². The molecule has 1 aromatic carbocycles. The fourth-order valence-corrected chi connectivity index (χ4v) is 2.93. The Morgan fingerprint density at radius 3 is 2.62 bits per heavy atom. The number of carbonyl (C=O) groups excluding carboxylic acids is 1. The highest BCUT2D eigenvalue weighted by molar-refractivity contribution is 5.70. The summed E-state index contributed by atoms with van der Waals surface area (Å²) in [5.74, 6) is 1.06. The molecule has 132 valence electrons. The molecule has 1 fully saturated rings. The number of amides is 1. The minimum atomic E-state index is -0.354. The van der Waals surface area contributed by atoms with Crippen LogP contribution in [0.15, 0.2) is 54.9 Å². The van der Waals surface area contributed by atoms with Crippen LogP contribution in [0.25, 0.3) is 11.4 Å². The summed E-state index contributed by atoms with van der Waals surface area (Å²) in [6, 6.07) is 13.3. The second kappa shape index (κ2) is 7.30. The van der Waals surface area contributed by atoms with E-state index in [4.69, 9.17) is 4.74 Å². The minimum Gasteiger partial charge on any atom is -0.409 e. The van der Waals surface area contributed by atoms with Gasteiger partial charge in [0.2, 0.25) is 5.82 Å². The molecular weight excluding hydrogens is 332 g/mol. The van der Waals surface area contributed by atoms with Gasteiger partial charge in [-0.1, -0.05) is 30.3 Å². The van der Waals surface area contributed by atoms with Crippen LogP contribution >= 0.6 is 0 Å². The van der Waals surface area contributed by atoms with E-state index in [1.165, 1.54) is 6.20 Å². The molecule has 1 amide bonds. The van der Waals surface area contributed by atoms with Gasteiger partial charge < -0.3 is 9.64 Å². The number of nitrogens with zero attached hydrogens (tertiary/aromatic N) is 6. The van der Waals surface area contributed by atoms with Crippen LogP contribution in [-0.2, 0) is 0 Å². The number of benzene rings is 1. The van der Waals surface area contributed by atoms with Crippen molar-refractivity contribution in [1.82, 2.24) is 30.1 Å². The smallest absolute Gasteiger partial charge is 0.409 e. The molecule has 0 bridgehead atoms. The Hall–Kier alpha value is -3.29. The highest BCUT2D eigenvalue weighted by atomic mass is 16.6. The van der Waals surface area contributed by atoms with Gasteiger partial charge in [0.15, 0.2) is 5.75 Å². The summed E-state index contributed by atoms with van der Waals surface area (Å²) >= 11 is 0. The van der Waals surface area contributed by atoms with Gasteiger partial charge in [0.25, 0.3) is 0 Å². The van der Waals surface area contributed by atoms with Crippen molar-refractivity contribution >= 4 is 6.09 Å². The second-order valence-electron chi connectivity index (χ2n) is 6.07. The Bertz CT molecular complexity index is 860. The molecule has 1 aliphatic heterocycles. The average Bonchev–Trinajstić information content (AvgIpc) is 3.20. The molecule has 1 aliphatic rings. The lowest BCUT2D eigenvalue weighted by Gasteiger charge is -2.30. The number of carbonyl (C=O) groups is 1. The molecule has 8 nitrogen and oxygen atoms in total. The average molecular weight is 350 g/mol. The topological polar surface area (TPSA) is 86.0 Å².